The fraction of sp³-hybridized carbons (Fsp3) is 1.00. The van der Waals surface area contributed by atoms with E-state index >= 15 is 0 Å². The topological polar surface area (TPSA) is 97.7 Å². The van der Waals surface area contributed by atoms with Crippen LogP contribution in [0.3, 0.4) is 0 Å². The monoisotopic (exact) mass is 246 g/mol. The van der Waals surface area contributed by atoms with Crippen LogP contribution in [-0.2, 0) is 18.9 Å². The van der Waals surface area contributed by atoms with Gasteiger partial charge in [-0.3, -0.25) is 0 Å². The number of ether oxygens (including phenoxy) is 4. The normalized spacial score (nSPS) is 25.5. The van der Waals surface area contributed by atoms with Gasteiger partial charge in [0, 0.05) is 32.2 Å². The molecule has 0 aromatic rings. The van der Waals surface area contributed by atoms with E-state index in [1.54, 1.807) is 0 Å². The molecule has 0 amide bonds. The van der Waals surface area contributed by atoms with E-state index in [2.05, 4.69) is 15.3 Å². The van der Waals surface area contributed by atoms with Crippen LogP contribution in [0.1, 0.15) is 0 Å². The first kappa shape index (κ1) is 14.2. The summed E-state index contributed by atoms with van der Waals surface area (Å²) in [4.78, 5) is 2.83. The van der Waals surface area contributed by atoms with Crippen molar-refractivity contribution in [1.29, 1.82) is 0 Å². The first-order chi connectivity index (χ1) is 8.33. The molecule has 0 bridgehead atoms. The van der Waals surface area contributed by atoms with Crippen molar-refractivity contribution in [3.63, 3.8) is 0 Å². The molecule has 0 radical (unpaired) electrons. The summed E-state index contributed by atoms with van der Waals surface area (Å²) in [6.45, 7) is 1.50. The lowest BCUT2D eigenvalue weighted by atomic mass is 10.0. The maximum absolute atomic E-state index is 8.57. The van der Waals surface area contributed by atoms with Crippen molar-refractivity contribution in [2.45, 2.75) is 18.2 Å². The molecule has 0 spiro atoms. The van der Waals surface area contributed by atoms with Crippen LogP contribution in [0.2, 0.25) is 0 Å². The Labute approximate surface area is 99.8 Å². The average Bonchev–Trinajstić information content (AvgIpc) is 2.36. The van der Waals surface area contributed by atoms with Gasteiger partial charge in [0.15, 0.2) is 0 Å². The second-order valence-electron chi connectivity index (χ2n) is 3.58. The maximum Gasteiger partial charge on any atom is 0.146 e. The minimum atomic E-state index is -0.383. The third-order valence-corrected chi connectivity index (χ3v) is 2.44. The summed E-state index contributed by atoms with van der Waals surface area (Å²) < 4.78 is 20.5. The first-order valence-electron chi connectivity index (χ1n) is 5.29. The van der Waals surface area contributed by atoms with Crippen LogP contribution in [-0.4, -0.2) is 59.1 Å². The van der Waals surface area contributed by atoms with Gasteiger partial charge in [-0.1, -0.05) is 5.11 Å². The van der Waals surface area contributed by atoms with Crippen LogP contribution in [0.5, 0.6) is 0 Å². The van der Waals surface area contributed by atoms with Crippen molar-refractivity contribution in [3.05, 3.63) is 10.4 Å². The lowest BCUT2D eigenvalue weighted by molar-refractivity contribution is -0.132. The highest BCUT2D eigenvalue weighted by atomic mass is 16.7. The van der Waals surface area contributed by atoms with Crippen LogP contribution in [0.25, 0.3) is 10.4 Å². The lowest BCUT2D eigenvalue weighted by Crippen LogP contribution is -2.54. The van der Waals surface area contributed by atoms with Crippen LogP contribution < -0.4 is 5.32 Å². The predicted molar refractivity (Wildman–Crippen MR) is 59.3 cm³/mol. The molecule has 0 unspecified atom stereocenters. The quantitative estimate of drug-likeness (QED) is 0.300. The van der Waals surface area contributed by atoms with E-state index in [0.717, 1.165) is 0 Å². The number of azide groups is 1. The molecule has 8 heteroatoms. The number of methoxy groups -OCH3 is 2. The Hall–Kier alpha value is -0.890. The fourth-order valence-electron chi connectivity index (χ4n) is 1.68. The van der Waals surface area contributed by atoms with Crippen molar-refractivity contribution in [1.82, 2.24) is 5.32 Å². The molecule has 1 aliphatic rings. The Bertz CT molecular complexity index is 243. The zero-order valence-electron chi connectivity index (χ0n) is 10.0. The van der Waals surface area contributed by atoms with E-state index in [-0.39, 0.29) is 31.8 Å². The van der Waals surface area contributed by atoms with E-state index < -0.39 is 0 Å². The minimum absolute atomic E-state index is 0.154. The van der Waals surface area contributed by atoms with Gasteiger partial charge in [0.05, 0.1) is 18.2 Å². The van der Waals surface area contributed by atoms with Gasteiger partial charge in [-0.05, 0) is 5.53 Å². The van der Waals surface area contributed by atoms with Crippen LogP contribution >= 0.6 is 0 Å². The SMILES string of the molecule is COCO[C@@H]1CNC[C@@H](OCOC)C1N=[N+]=[N-]. The molecule has 0 aliphatic carbocycles. The van der Waals surface area contributed by atoms with Gasteiger partial charge in [0.1, 0.15) is 13.6 Å². The van der Waals surface area contributed by atoms with Gasteiger partial charge in [-0.15, -0.1) is 0 Å². The Morgan fingerprint density at radius 3 is 2.12 bits per heavy atom. The molecular formula is C9H18N4O4. The van der Waals surface area contributed by atoms with E-state index in [1.165, 1.54) is 14.2 Å². The average molecular weight is 246 g/mol. The van der Waals surface area contributed by atoms with Gasteiger partial charge < -0.3 is 24.3 Å². The van der Waals surface area contributed by atoms with Crippen molar-refractivity contribution < 1.29 is 18.9 Å². The molecule has 8 nitrogen and oxygen atoms in total. The summed E-state index contributed by atoms with van der Waals surface area (Å²) in [5.74, 6) is 0. The smallest absolute Gasteiger partial charge is 0.146 e. The molecule has 1 saturated heterocycles. The molecule has 1 fully saturated rings. The Morgan fingerprint density at radius 1 is 1.18 bits per heavy atom. The van der Waals surface area contributed by atoms with Crippen molar-refractivity contribution in [2.24, 2.45) is 5.11 Å². The van der Waals surface area contributed by atoms with Gasteiger partial charge in [-0.25, -0.2) is 0 Å². The summed E-state index contributed by atoms with van der Waals surface area (Å²) in [6.07, 6.45) is -0.525. The largest absolute Gasteiger partial charge is 0.359 e. The van der Waals surface area contributed by atoms with Gasteiger partial charge in [0.2, 0.25) is 0 Å². The summed E-state index contributed by atoms with van der Waals surface area (Å²) in [7, 11) is 3.08. The number of nitrogens with zero attached hydrogens (tertiary/aromatic N) is 3. The Kier molecular flexibility index (Phi) is 6.87. The second kappa shape index (κ2) is 8.24. The summed E-state index contributed by atoms with van der Waals surface area (Å²) in [5, 5.41) is 6.88. The second-order valence-corrected chi connectivity index (χ2v) is 3.58. The molecule has 0 aromatic heterocycles. The number of piperidine rings is 1. The van der Waals surface area contributed by atoms with E-state index in [0.29, 0.717) is 13.1 Å². The fourth-order valence-corrected chi connectivity index (χ4v) is 1.68. The zero-order chi connectivity index (χ0) is 12.5. The number of rotatable bonds is 7. The standard InChI is InChI=1S/C9H18N4O4/c1-14-5-16-7-3-11-4-8(17-6-15-2)9(7)12-13-10/h7-9,11H,3-6H2,1-2H3/t7-,8-/m1/s1. The van der Waals surface area contributed by atoms with Crippen molar-refractivity contribution in [3.8, 4) is 0 Å². The first-order valence-corrected chi connectivity index (χ1v) is 5.29. The van der Waals surface area contributed by atoms with E-state index in [1.807, 2.05) is 0 Å². The minimum Gasteiger partial charge on any atom is -0.359 e. The molecule has 98 valence electrons. The molecule has 2 atom stereocenters. The highest BCUT2D eigenvalue weighted by Crippen LogP contribution is 2.16. The maximum atomic E-state index is 8.57. The van der Waals surface area contributed by atoms with Crippen LogP contribution in [0.15, 0.2) is 5.11 Å². The van der Waals surface area contributed by atoms with Gasteiger partial charge in [-0.2, -0.15) is 0 Å². The molecule has 1 N–H and O–H groups in total. The van der Waals surface area contributed by atoms with Crippen LogP contribution in [0, 0.1) is 0 Å². The molecule has 17 heavy (non-hydrogen) atoms. The summed E-state index contributed by atoms with van der Waals surface area (Å²) in [6, 6.07) is -0.383. The molecule has 1 heterocycles. The highest BCUT2D eigenvalue weighted by molar-refractivity contribution is 4.92. The highest BCUT2D eigenvalue weighted by Gasteiger charge is 2.34. The Balaban J connectivity index is 2.59. The number of hydrogen-bond donors (Lipinski definition) is 1. The van der Waals surface area contributed by atoms with Crippen molar-refractivity contribution >= 4 is 0 Å². The molecule has 1 aliphatic heterocycles. The molecule has 0 saturated carbocycles. The molecule has 0 aromatic carbocycles. The molecular weight excluding hydrogens is 228 g/mol. The number of nitrogens with one attached hydrogen (secondary N) is 1. The third-order valence-electron chi connectivity index (χ3n) is 2.44. The van der Waals surface area contributed by atoms with E-state index in [4.69, 9.17) is 24.5 Å². The predicted octanol–water partition coefficient (Wildman–Crippen LogP) is 0.247. The Morgan fingerprint density at radius 2 is 1.71 bits per heavy atom. The molecule has 1 rings (SSSR count). The van der Waals surface area contributed by atoms with Crippen LogP contribution in [0.4, 0.5) is 0 Å². The lowest BCUT2D eigenvalue weighted by Gasteiger charge is -2.35. The van der Waals surface area contributed by atoms with Gasteiger partial charge >= 0.3 is 0 Å². The van der Waals surface area contributed by atoms with Crippen molar-refractivity contribution in [2.75, 3.05) is 40.9 Å². The van der Waals surface area contributed by atoms with E-state index in [9.17, 15) is 0 Å². The number of hydrogen-bond acceptors (Lipinski definition) is 6. The zero-order valence-corrected chi connectivity index (χ0v) is 10.0. The summed E-state index contributed by atoms with van der Waals surface area (Å²) >= 11 is 0. The summed E-state index contributed by atoms with van der Waals surface area (Å²) in [5.41, 5.74) is 8.57. The third kappa shape index (κ3) is 4.47. The van der Waals surface area contributed by atoms with Gasteiger partial charge in [0.25, 0.3) is 0 Å².